The van der Waals surface area contributed by atoms with E-state index in [0.717, 1.165) is 23.1 Å². The number of hydrogen-bond donors (Lipinski definition) is 2. The smallest absolute Gasteiger partial charge is 0.315 e. The summed E-state index contributed by atoms with van der Waals surface area (Å²) in [5.74, 6) is 2.41. The summed E-state index contributed by atoms with van der Waals surface area (Å²) < 4.78 is 5.98. The standard InChI is InChI=1S/C20H28N2O2/c23-20(22-19(15-7-8-15)16-9-10-16)21-13-14-5-11-18(12-6-14)24-17-3-1-2-4-17/h5-6,11-12,15-17,19H,1-4,7-10,13H2,(H2,21,22,23). The summed E-state index contributed by atoms with van der Waals surface area (Å²) >= 11 is 0. The number of ether oxygens (including phenoxy) is 1. The third-order valence-electron chi connectivity index (χ3n) is 5.54. The molecule has 0 radical (unpaired) electrons. The molecule has 24 heavy (non-hydrogen) atoms. The third kappa shape index (κ3) is 4.22. The maximum absolute atomic E-state index is 12.1. The molecule has 3 saturated carbocycles. The minimum absolute atomic E-state index is 0.0231. The number of carbonyl (C=O) groups excluding carboxylic acids is 1. The van der Waals surface area contributed by atoms with Gasteiger partial charge >= 0.3 is 6.03 Å². The van der Waals surface area contributed by atoms with Gasteiger partial charge < -0.3 is 15.4 Å². The van der Waals surface area contributed by atoms with Gasteiger partial charge in [0.05, 0.1) is 6.10 Å². The van der Waals surface area contributed by atoms with Crippen LogP contribution < -0.4 is 15.4 Å². The number of hydrogen-bond acceptors (Lipinski definition) is 2. The van der Waals surface area contributed by atoms with Crippen LogP contribution in [-0.4, -0.2) is 18.2 Å². The highest BCUT2D eigenvalue weighted by molar-refractivity contribution is 5.74. The first-order chi connectivity index (χ1) is 11.8. The van der Waals surface area contributed by atoms with Gasteiger partial charge in [0.2, 0.25) is 0 Å². The first-order valence-electron chi connectivity index (χ1n) is 9.58. The van der Waals surface area contributed by atoms with Crippen LogP contribution in [0.3, 0.4) is 0 Å². The molecule has 130 valence electrons. The van der Waals surface area contributed by atoms with Gasteiger partial charge in [-0.25, -0.2) is 4.79 Å². The molecule has 3 aliphatic carbocycles. The summed E-state index contributed by atoms with van der Waals surface area (Å²) in [5, 5.41) is 6.19. The van der Waals surface area contributed by atoms with E-state index < -0.39 is 0 Å². The van der Waals surface area contributed by atoms with Crippen LogP contribution in [0.25, 0.3) is 0 Å². The van der Waals surface area contributed by atoms with Gasteiger partial charge in [0.1, 0.15) is 5.75 Å². The molecular formula is C20H28N2O2. The topological polar surface area (TPSA) is 50.4 Å². The van der Waals surface area contributed by atoms with Crippen molar-refractivity contribution in [2.75, 3.05) is 0 Å². The fraction of sp³-hybridized carbons (Fsp3) is 0.650. The van der Waals surface area contributed by atoms with Crippen molar-refractivity contribution in [2.24, 2.45) is 11.8 Å². The molecular weight excluding hydrogens is 300 g/mol. The Balaban J connectivity index is 1.22. The van der Waals surface area contributed by atoms with E-state index in [9.17, 15) is 4.79 Å². The van der Waals surface area contributed by atoms with Crippen LogP contribution in [0.4, 0.5) is 4.79 Å². The van der Waals surface area contributed by atoms with Gasteiger partial charge in [0.15, 0.2) is 0 Å². The van der Waals surface area contributed by atoms with Gasteiger partial charge in [-0.3, -0.25) is 0 Å². The lowest BCUT2D eigenvalue weighted by molar-refractivity contribution is 0.210. The SMILES string of the molecule is O=C(NCc1ccc(OC2CCCC2)cc1)NC(C1CC1)C1CC1. The van der Waals surface area contributed by atoms with Gasteiger partial charge in [0, 0.05) is 12.6 Å². The van der Waals surface area contributed by atoms with E-state index in [4.69, 9.17) is 4.74 Å². The maximum atomic E-state index is 12.1. The zero-order valence-corrected chi connectivity index (χ0v) is 14.3. The lowest BCUT2D eigenvalue weighted by atomic mass is 10.1. The Kier molecular flexibility index (Phi) is 4.63. The second-order valence-corrected chi connectivity index (χ2v) is 7.70. The summed E-state index contributed by atoms with van der Waals surface area (Å²) in [6, 6.07) is 8.51. The summed E-state index contributed by atoms with van der Waals surface area (Å²) in [5.41, 5.74) is 1.11. The van der Waals surface area contributed by atoms with E-state index in [1.54, 1.807) is 0 Å². The van der Waals surface area contributed by atoms with Crippen molar-refractivity contribution in [1.82, 2.24) is 10.6 Å². The molecule has 0 aliphatic heterocycles. The quantitative estimate of drug-likeness (QED) is 0.795. The largest absolute Gasteiger partial charge is 0.490 e. The average Bonchev–Trinajstić information content (AvgIpc) is 3.52. The second kappa shape index (κ2) is 7.04. The number of benzene rings is 1. The predicted molar refractivity (Wildman–Crippen MR) is 93.9 cm³/mol. The van der Waals surface area contributed by atoms with Gasteiger partial charge in [-0.05, 0) is 80.9 Å². The van der Waals surface area contributed by atoms with Crippen molar-refractivity contribution in [3.8, 4) is 5.75 Å². The van der Waals surface area contributed by atoms with Crippen LogP contribution in [0, 0.1) is 11.8 Å². The van der Waals surface area contributed by atoms with Crippen LogP contribution in [0.1, 0.15) is 56.9 Å². The van der Waals surface area contributed by atoms with Crippen LogP contribution in [0.5, 0.6) is 5.75 Å². The Morgan fingerprint density at radius 3 is 2.21 bits per heavy atom. The number of carbonyl (C=O) groups is 1. The van der Waals surface area contributed by atoms with Crippen molar-refractivity contribution in [3.63, 3.8) is 0 Å². The number of amides is 2. The first kappa shape index (κ1) is 15.8. The molecule has 1 aromatic rings. The summed E-state index contributed by atoms with van der Waals surface area (Å²) in [6.45, 7) is 0.567. The Morgan fingerprint density at radius 2 is 1.62 bits per heavy atom. The van der Waals surface area contributed by atoms with Crippen molar-refractivity contribution < 1.29 is 9.53 Å². The van der Waals surface area contributed by atoms with E-state index in [1.165, 1.54) is 51.4 Å². The average molecular weight is 328 g/mol. The van der Waals surface area contributed by atoms with Crippen molar-refractivity contribution in [3.05, 3.63) is 29.8 Å². The first-order valence-corrected chi connectivity index (χ1v) is 9.58. The zero-order valence-electron chi connectivity index (χ0n) is 14.3. The lowest BCUT2D eigenvalue weighted by Crippen LogP contribution is -2.44. The Bertz CT molecular complexity index is 546. The fourth-order valence-corrected chi connectivity index (χ4v) is 3.80. The minimum atomic E-state index is -0.0231. The Hall–Kier alpha value is -1.71. The van der Waals surface area contributed by atoms with Gasteiger partial charge in [-0.15, -0.1) is 0 Å². The predicted octanol–water partition coefficient (Wildman–Crippen LogP) is 4.00. The van der Waals surface area contributed by atoms with E-state index in [0.29, 0.717) is 18.7 Å². The van der Waals surface area contributed by atoms with Crippen molar-refractivity contribution >= 4 is 6.03 Å². The van der Waals surface area contributed by atoms with Crippen molar-refractivity contribution in [1.29, 1.82) is 0 Å². The molecule has 0 atom stereocenters. The van der Waals surface area contributed by atoms with Crippen molar-refractivity contribution in [2.45, 2.75) is 70.1 Å². The lowest BCUT2D eigenvalue weighted by Gasteiger charge is -2.18. The highest BCUT2D eigenvalue weighted by Crippen LogP contribution is 2.44. The highest BCUT2D eigenvalue weighted by Gasteiger charge is 2.42. The molecule has 0 unspecified atom stereocenters. The number of nitrogens with one attached hydrogen (secondary N) is 2. The van der Waals surface area contributed by atoms with E-state index in [2.05, 4.69) is 10.6 Å². The van der Waals surface area contributed by atoms with Crippen LogP contribution in [0.15, 0.2) is 24.3 Å². The molecule has 2 N–H and O–H groups in total. The monoisotopic (exact) mass is 328 g/mol. The third-order valence-corrected chi connectivity index (χ3v) is 5.54. The van der Waals surface area contributed by atoms with Crippen LogP contribution in [-0.2, 0) is 6.54 Å². The molecule has 3 fully saturated rings. The summed E-state index contributed by atoms with van der Waals surface area (Å²) in [6.07, 6.45) is 10.4. The van der Waals surface area contributed by atoms with Gasteiger partial charge in [-0.1, -0.05) is 12.1 Å². The normalized spacial score (nSPS) is 21.0. The summed E-state index contributed by atoms with van der Waals surface area (Å²) in [7, 11) is 0. The molecule has 4 heteroatoms. The fourth-order valence-electron chi connectivity index (χ4n) is 3.80. The molecule has 2 amide bonds. The molecule has 0 saturated heterocycles. The molecule has 0 heterocycles. The van der Waals surface area contributed by atoms with Crippen LogP contribution >= 0.6 is 0 Å². The second-order valence-electron chi connectivity index (χ2n) is 7.70. The minimum Gasteiger partial charge on any atom is -0.490 e. The molecule has 0 aromatic heterocycles. The molecule has 1 aromatic carbocycles. The molecule has 4 rings (SSSR count). The Labute approximate surface area is 144 Å². The number of urea groups is 1. The van der Waals surface area contributed by atoms with E-state index in [-0.39, 0.29) is 6.03 Å². The van der Waals surface area contributed by atoms with Gasteiger partial charge in [-0.2, -0.15) is 0 Å². The van der Waals surface area contributed by atoms with E-state index >= 15 is 0 Å². The van der Waals surface area contributed by atoms with Crippen LogP contribution in [0.2, 0.25) is 0 Å². The molecule has 3 aliphatic rings. The summed E-state index contributed by atoms with van der Waals surface area (Å²) in [4.78, 5) is 12.1. The highest BCUT2D eigenvalue weighted by atomic mass is 16.5. The molecule has 4 nitrogen and oxygen atoms in total. The van der Waals surface area contributed by atoms with E-state index in [1.807, 2.05) is 24.3 Å². The number of rotatable bonds is 7. The molecule has 0 spiro atoms. The van der Waals surface area contributed by atoms with Gasteiger partial charge in [0.25, 0.3) is 0 Å². The zero-order chi connectivity index (χ0) is 16.4. The Morgan fingerprint density at radius 1 is 1.00 bits per heavy atom. The molecule has 0 bridgehead atoms. The maximum Gasteiger partial charge on any atom is 0.315 e.